The van der Waals surface area contributed by atoms with Crippen molar-refractivity contribution in [2.45, 2.75) is 77.9 Å². The van der Waals surface area contributed by atoms with Crippen LogP contribution in [-0.4, -0.2) is 33.3 Å². The summed E-state index contributed by atoms with van der Waals surface area (Å²) >= 11 is 0. The summed E-state index contributed by atoms with van der Waals surface area (Å²) in [6, 6.07) is 5.60. The molecule has 6 nitrogen and oxygen atoms in total. The predicted molar refractivity (Wildman–Crippen MR) is 132 cm³/mol. The molecule has 1 heterocycles. The molecule has 0 amide bonds. The topological polar surface area (TPSA) is 76.5 Å². The van der Waals surface area contributed by atoms with Crippen LogP contribution in [0.1, 0.15) is 82.6 Å². The first-order chi connectivity index (χ1) is 15.6. The van der Waals surface area contributed by atoms with E-state index in [0.29, 0.717) is 11.3 Å². The Balaban J connectivity index is 1.62. The summed E-state index contributed by atoms with van der Waals surface area (Å²) < 4.78 is 5.58. The van der Waals surface area contributed by atoms with Gasteiger partial charge < -0.3 is 10.1 Å². The minimum absolute atomic E-state index is 0.0152. The summed E-state index contributed by atoms with van der Waals surface area (Å²) in [5, 5.41) is 3.82. The van der Waals surface area contributed by atoms with E-state index in [-0.39, 0.29) is 11.5 Å². The van der Waals surface area contributed by atoms with Crippen LogP contribution >= 0.6 is 0 Å². The van der Waals surface area contributed by atoms with Gasteiger partial charge in [-0.2, -0.15) is 0 Å². The predicted octanol–water partition coefficient (Wildman–Crippen LogP) is 6.20. The minimum atomic E-state index is -0.552. The standard InChI is InChI=1S/C27H36N4O2/c1-18-8-19-10-20(9-18)13-27(5,12-19)31-23-7-6-22(25(32)33-26(2,3)4)11-24(23)30-16-21-14-28-17-29-15-21/h6-7,11,14-20,31H,8-10,12-13H2,1-5H3/b30-16-. The number of nitrogens with one attached hydrogen (secondary N) is 1. The normalized spacial score (nSPS) is 27.4. The Morgan fingerprint density at radius 1 is 1.15 bits per heavy atom. The van der Waals surface area contributed by atoms with Crippen molar-refractivity contribution in [1.82, 2.24) is 9.97 Å². The second kappa shape index (κ2) is 9.24. The van der Waals surface area contributed by atoms with Crippen LogP contribution in [0.3, 0.4) is 0 Å². The molecule has 0 aliphatic heterocycles. The molecule has 1 aromatic heterocycles. The molecule has 0 spiro atoms. The zero-order valence-corrected chi connectivity index (χ0v) is 20.5. The van der Waals surface area contributed by atoms with Crippen molar-refractivity contribution in [3.05, 3.63) is 48.0 Å². The van der Waals surface area contributed by atoms with Crippen LogP contribution in [0, 0.1) is 17.8 Å². The Hall–Kier alpha value is -2.76. The van der Waals surface area contributed by atoms with Crippen molar-refractivity contribution >= 4 is 23.6 Å². The average Bonchev–Trinajstić information content (AvgIpc) is 2.71. The lowest BCUT2D eigenvalue weighted by atomic mass is 9.62. The number of carbonyl (C=O) groups is 1. The highest BCUT2D eigenvalue weighted by atomic mass is 16.6. The number of rotatable bonds is 5. The molecular formula is C27H36N4O2. The van der Waals surface area contributed by atoms with Crippen LogP contribution in [0.15, 0.2) is 41.9 Å². The second-order valence-electron chi connectivity index (χ2n) is 11.3. The molecule has 2 bridgehead atoms. The number of aliphatic imine (C=N–C) groups is 1. The van der Waals surface area contributed by atoms with Gasteiger partial charge >= 0.3 is 5.97 Å². The molecule has 2 fully saturated rings. The molecule has 6 heteroatoms. The SMILES string of the molecule is CC1CC2CC(C1)CC(C)(Nc1ccc(C(=O)OC(C)(C)C)cc1/N=C\c1cncnc1)C2. The largest absolute Gasteiger partial charge is 0.456 e. The summed E-state index contributed by atoms with van der Waals surface area (Å²) in [5.74, 6) is 2.04. The number of ether oxygens (including phenoxy) is 1. The first kappa shape index (κ1) is 23.4. The fourth-order valence-electron chi connectivity index (χ4n) is 5.75. The van der Waals surface area contributed by atoms with Crippen molar-refractivity contribution in [1.29, 1.82) is 0 Å². The molecule has 2 unspecified atom stereocenters. The second-order valence-corrected chi connectivity index (χ2v) is 11.3. The molecule has 33 heavy (non-hydrogen) atoms. The zero-order chi connectivity index (χ0) is 23.6. The molecule has 2 saturated carbocycles. The van der Waals surface area contributed by atoms with Gasteiger partial charge in [0, 0.05) is 29.7 Å². The Kier molecular flexibility index (Phi) is 6.55. The number of hydrogen-bond donors (Lipinski definition) is 1. The van der Waals surface area contributed by atoms with Crippen molar-refractivity contribution in [2.75, 3.05) is 5.32 Å². The fraction of sp³-hybridized carbons (Fsp3) is 0.556. The van der Waals surface area contributed by atoms with E-state index >= 15 is 0 Å². The van der Waals surface area contributed by atoms with Crippen LogP contribution < -0.4 is 5.32 Å². The van der Waals surface area contributed by atoms with Crippen molar-refractivity contribution < 1.29 is 9.53 Å². The zero-order valence-electron chi connectivity index (χ0n) is 20.5. The maximum absolute atomic E-state index is 12.7. The van der Waals surface area contributed by atoms with E-state index < -0.39 is 5.60 Å². The van der Waals surface area contributed by atoms with E-state index in [1.54, 1.807) is 18.6 Å². The van der Waals surface area contributed by atoms with Gasteiger partial charge in [-0.15, -0.1) is 0 Å². The van der Waals surface area contributed by atoms with Gasteiger partial charge in [0.1, 0.15) is 11.9 Å². The molecule has 2 aromatic rings. The summed E-state index contributed by atoms with van der Waals surface area (Å²) in [6.07, 6.45) is 13.0. The molecule has 2 atom stereocenters. The van der Waals surface area contributed by atoms with Crippen molar-refractivity contribution in [3.63, 3.8) is 0 Å². The Morgan fingerprint density at radius 3 is 2.45 bits per heavy atom. The van der Waals surface area contributed by atoms with E-state index in [0.717, 1.165) is 41.8 Å². The summed E-state index contributed by atoms with van der Waals surface area (Å²) in [5.41, 5.74) is 2.41. The van der Waals surface area contributed by atoms with Crippen LogP contribution in [0.2, 0.25) is 0 Å². The van der Waals surface area contributed by atoms with Crippen LogP contribution in [0.25, 0.3) is 0 Å². The smallest absolute Gasteiger partial charge is 0.338 e. The Bertz CT molecular complexity index is 995. The van der Waals surface area contributed by atoms with Crippen molar-refractivity contribution in [3.8, 4) is 0 Å². The Morgan fingerprint density at radius 2 is 1.82 bits per heavy atom. The lowest BCUT2D eigenvalue weighted by Crippen LogP contribution is -2.45. The van der Waals surface area contributed by atoms with Crippen LogP contribution in [0.4, 0.5) is 11.4 Å². The van der Waals surface area contributed by atoms with Crippen molar-refractivity contribution in [2.24, 2.45) is 22.7 Å². The number of hydrogen-bond acceptors (Lipinski definition) is 6. The van der Waals surface area contributed by atoms with Gasteiger partial charge in [0.2, 0.25) is 0 Å². The number of anilines is 1. The quantitative estimate of drug-likeness (QED) is 0.435. The van der Waals surface area contributed by atoms with E-state index in [9.17, 15) is 4.79 Å². The van der Waals surface area contributed by atoms with E-state index in [2.05, 4.69) is 29.1 Å². The number of fused-ring (bicyclic) bond motifs is 2. The molecule has 176 valence electrons. The Labute approximate surface area is 197 Å². The first-order valence-electron chi connectivity index (χ1n) is 12.0. The third-order valence-corrected chi connectivity index (χ3v) is 6.62. The van der Waals surface area contributed by atoms with Gasteiger partial charge in [0.05, 0.1) is 16.9 Å². The summed E-state index contributed by atoms with van der Waals surface area (Å²) in [6.45, 7) is 10.3. The minimum Gasteiger partial charge on any atom is -0.456 e. The average molecular weight is 449 g/mol. The highest BCUT2D eigenvalue weighted by molar-refractivity contribution is 5.93. The summed E-state index contributed by atoms with van der Waals surface area (Å²) in [7, 11) is 0. The van der Waals surface area contributed by atoms with Gasteiger partial charge in [-0.25, -0.2) is 14.8 Å². The highest BCUT2D eigenvalue weighted by Gasteiger charge is 2.41. The monoisotopic (exact) mass is 448 g/mol. The van der Waals surface area contributed by atoms with Crippen LogP contribution in [0.5, 0.6) is 0 Å². The molecule has 0 saturated heterocycles. The summed E-state index contributed by atoms with van der Waals surface area (Å²) in [4.78, 5) is 25.5. The maximum Gasteiger partial charge on any atom is 0.338 e. The molecular weight excluding hydrogens is 412 g/mol. The molecule has 2 aliphatic carbocycles. The number of aromatic nitrogens is 2. The number of nitrogens with zero attached hydrogens (tertiary/aromatic N) is 3. The third-order valence-electron chi connectivity index (χ3n) is 6.62. The molecule has 4 rings (SSSR count). The number of benzene rings is 1. The highest BCUT2D eigenvalue weighted by Crippen LogP contribution is 2.48. The van der Waals surface area contributed by atoms with Gasteiger partial charge in [-0.1, -0.05) is 6.92 Å². The maximum atomic E-state index is 12.7. The first-order valence-corrected chi connectivity index (χ1v) is 12.0. The van der Waals surface area contributed by atoms with E-state index in [1.165, 1.54) is 25.6 Å². The lowest BCUT2D eigenvalue weighted by molar-refractivity contribution is 0.00696. The fourth-order valence-corrected chi connectivity index (χ4v) is 5.75. The molecule has 0 radical (unpaired) electrons. The third kappa shape index (κ3) is 6.18. The number of esters is 1. The molecule has 2 aliphatic rings. The van der Waals surface area contributed by atoms with E-state index in [4.69, 9.17) is 9.73 Å². The van der Waals surface area contributed by atoms with Gasteiger partial charge in [0.15, 0.2) is 0 Å². The molecule has 1 N–H and O–H groups in total. The van der Waals surface area contributed by atoms with Gasteiger partial charge in [-0.3, -0.25) is 4.99 Å². The lowest BCUT2D eigenvalue weighted by Gasteiger charge is -2.48. The number of carbonyl (C=O) groups excluding carboxylic acids is 1. The molecule has 1 aromatic carbocycles. The van der Waals surface area contributed by atoms with Gasteiger partial charge in [0.25, 0.3) is 0 Å². The van der Waals surface area contributed by atoms with Gasteiger partial charge in [-0.05, 0) is 95.8 Å². The van der Waals surface area contributed by atoms with E-state index in [1.807, 2.05) is 39.0 Å². The van der Waals surface area contributed by atoms with Crippen LogP contribution in [-0.2, 0) is 4.74 Å².